The Labute approximate surface area is 167 Å². The van der Waals surface area contributed by atoms with Crippen LogP contribution in [0.4, 0.5) is 4.39 Å². The van der Waals surface area contributed by atoms with E-state index in [0.717, 1.165) is 26.2 Å². The third kappa shape index (κ3) is 6.06. The van der Waals surface area contributed by atoms with E-state index in [4.69, 9.17) is 0 Å². The third-order valence-corrected chi connectivity index (χ3v) is 4.61. The summed E-state index contributed by atoms with van der Waals surface area (Å²) < 4.78 is 13.0. The van der Waals surface area contributed by atoms with E-state index < -0.39 is 0 Å². The zero-order valence-corrected chi connectivity index (χ0v) is 16.4. The van der Waals surface area contributed by atoms with Crippen molar-refractivity contribution in [1.29, 1.82) is 0 Å². The van der Waals surface area contributed by atoms with Crippen LogP contribution < -0.4 is 0 Å². The molecule has 0 radical (unpaired) electrons. The topological polar surface area (TPSA) is 23.6 Å². The molecule has 3 rings (SSSR count). The average molecular weight is 399 g/mol. The lowest BCUT2D eigenvalue weighted by Gasteiger charge is -2.39. The molecule has 142 valence electrons. The molecule has 0 bridgehead atoms. The maximum Gasteiger partial charge on any atom is 0.176 e. The SMILES string of the molecule is CC1CN(Cc2ccccc2)CCN1CC(=O)c1ccc(F)cc1.Cl.Cl. The van der Waals surface area contributed by atoms with Crippen LogP contribution in [0.5, 0.6) is 0 Å². The second-order valence-corrected chi connectivity index (χ2v) is 6.47. The Morgan fingerprint density at radius 2 is 1.69 bits per heavy atom. The number of nitrogens with zero attached hydrogens (tertiary/aromatic N) is 2. The number of carbonyl (C=O) groups excluding carboxylic acids is 1. The molecule has 0 aromatic heterocycles. The van der Waals surface area contributed by atoms with Crippen LogP contribution in [-0.2, 0) is 6.54 Å². The van der Waals surface area contributed by atoms with Gasteiger partial charge >= 0.3 is 0 Å². The molecule has 2 aromatic rings. The molecule has 1 fully saturated rings. The van der Waals surface area contributed by atoms with Crippen molar-refractivity contribution in [2.45, 2.75) is 19.5 Å². The number of benzene rings is 2. The number of halogens is 3. The number of hydrogen-bond acceptors (Lipinski definition) is 3. The van der Waals surface area contributed by atoms with E-state index in [0.29, 0.717) is 18.2 Å². The zero-order valence-electron chi connectivity index (χ0n) is 14.8. The first kappa shape index (κ1) is 22.6. The summed E-state index contributed by atoms with van der Waals surface area (Å²) in [6, 6.07) is 16.6. The van der Waals surface area contributed by atoms with Crippen molar-refractivity contribution < 1.29 is 9.18 Å². The van der Waals surface area contributed by atoms with E-state index in [-0.39, 0.29) is 36.4 Å². The highest BCUT2D eigenvalue weighted by atomic mass is 35.5. The van der Waals surface area contributed by atoms with Crippen molar-refractivity contribution in [2.24, 2.45) is 0 Å². The lowest BCUT2D eigenvalue weighted by Crippen LogP contribution is -2.52. The normalized spacial score (nSPS) is 17.8. The molecule has 3 nitrogen and oxygen atoms in total. The Morgan fingerprint density at radius 3 is 2.31 bits per heavy atom. The highest BCUT2D eigenvalue weighted by Gasteiger charge is 2.25. The Morgan fingerprint density at radius 1 is 1.04 bits per heavy atom. The van der Waals surface area contributed by atoms with Crippen molar-refractivity contribution in [3.05, 3.63) is 71.5 Å². The van der Waals surface area contributed by atoms with Crippen molar-refractivity contribution in [3.8, 4) is 0 Å². The summed E-state index contributed by atoms with van der Waals surface area (Å²) in [6.45, 7) is 6.29. The van der Waals surface area contributed by atoms with E-state index in [1.807, 2.05) is 6.07 Å². The van der Waals surface area contributed by atoms with Gasteiger partial charge in [0.05, 0.1) is 6.54 Å². The lowest BCUT2D eigenvalue weighted by atomic mass is 10.1. The highest BCUT2D eigenvalue weighted by molar-refractivity contribution is 5.97. The van der Waals surface area contributed by atoms with E-state index >= 15 is 0 Å². The fraction of sp³-hybridized carbons (Fsp3) is 0.350. The molecule has 2 aromatic carbocycles. The van der Waals surface area contributed by atoms with E-state index in [1.54, 1.807) is 12.1 Å². The second-order valence-electron chi connectivity index (χ2n) is 6.47. The van der Waals surface area contributed by atoms with E-state index in [9.17, 15) is 9.18 Å². The Hall–Kier alpha value is -1.46. The molecule has 0 spiro atoms. The molecule has 1 heterocycles. The van der Waals surface area contributed by atoms with Crippen molar-refractivity contribution in [1.82, 2.24) is 9.80 Å². The van der Waals surface area contributed by atoms with Gasteiger partial charge in [0.1, 0.15) is 5.82 Å². The maximum absolute atomic E-state index is 13.0. The minimum atomic E-state index is -0.311. The summed E-state index contributed by atoms with van der Waals surface area (Å²) in [5.74, 6) is -0.257. The first-order chi connectivity index (χ1) is 11.6. The standard InChI is InChI=1S/C20H23FN2O.2ClH/c1-16-13-22(14-17-5-3-2-4-6-17)11-12-23(16)15-20(24)18-7-9-19(21)10-8-18;;/h2-10,16H,11-15H2,1H3;2*1H. The molecule has 0 saturated carbocycles. The smallest absolute Gasteiger partial charge is 0.176 e. The summed E-state index contributed by atoms with van der Waals surface area (Å²) in [6.07, 6.45) is 0. The van der Waals surface area contributed by atoms with Crippen LogP contribution >= 0.6 is 24.8 Å². The van der Waals surface area contributed by atoms with Crippen LogP contribution in [0.15, 0.2) is 54.6 Å². The monoisotopic (exact) mass is 398 g/mol. The fourth-order valence-corrected chi connectivity index (χ4v) is 3.20. The predicted octanol–water partition coefficient (Wildman–Crippen LogP) is 4.06. The lowest BCUT2D eigenvalue weighted by molar-refractivity contribution is 0.0657. The number of piperazine rings is 1. The summed E-state index contributed by atoms with van der Waals surface area (Å²) in [4.78, 5) is 17.0. The Balaban J connectivity index is 0.00000169. The largest absolute Gasteiger partial charge is 0.296 e. The number of hydrogen-bond donors (Lipinski definition) is 0. The highest BCUT2D eigenvalue weighted by Crippen LogP contribution is 2.14. The van der Waals surface area contributed by atoms with Gasteiger partial charge in [-0.3, -0.25) is 14.6 Å². The molecule has 1 unspecified atom stereocenters. The van der Waals surface area contributed by atoms with Crippen LogP contribution in [0.2, 0.25) is 0 Å². The molecule has 26 heavy (non-hydrogen) atoms. The number of carbonyl (C=O) groups is 1. The minimum absolute atomic E-state index is 0. The van der Waals surface area contributed by atoms with Gasteiger partial charge in [-0.05, 0) is 36.8 Å². The second kappa shape index (κ2) is 10.6. The quantitative estimate of drug-likeness (QED) is 0.709. The molecule has 0 aliphatic carbocycles. The van der Waals surface area contributed by atoms with Crippen LogP contribution in [0, 0.1) is 5.82 Å². The van der Waals surface area contributed by atoms with E-state index in [2.05, 4.69) is 41.0 Å². The predicted molar refractivity (Wildman–Crippen MR) is 108 cm³/mol. The Kier molecular flexibility index (Phi) is 9.23. The van der Waals surface area contributed by atoms with Crippen LogP contribution in [0.3, 0.4) is 0 Å². The Bertz CT molecular complexity index is 682. The molecule has 0 amide bonds. The van der Waals surface area contributed by atoms with Crippen LogP contribution in [-0.4, -0.2) is 47.8 Å². The molecule has 1 aliphatic rings. The summed E-state index contributed by atoms with van der Waals surface area (Å²) in [5.41, 5.74) is 1.90. The molecule has 1 atom stereocenters. The van der Waals surface area contributed by atoms with Gasteiger partial charge in [0.15, 0.2) is 5.78 Å². The van der Waals surface area contributed by atoms with Gasteiger partial charge in [-0.25, -0.2) is 4.39 Å². The average Bonchev–Trinajstić information content (AvgIpc) is 2.59. The third-order valence-electron chi connectivity index (χ3n) is 4.61. The van der Waals surface area contributed by atoms with Gasteiger partial charge in [-0.2, -0.15) is 0 Å². The first-order valence-electron chi connectivity index (χ1n) is 8.41. The molecular weight excluding hydrogens is 374 g/mol. The van der Waals surface area contributed by atoms with Gasteiger partial charge in [0.2, 0.25) is 0 Å². The van der Waals surface area contributed by atoms with Gasteiger partial charge in [0.25, 0.3) is 0 Å². The molecule has 0 N–H and O–H groups in total. The molecule has 1 saturated heterocycles. The van der Waals surface area contributed by atoms with Gasteiger partial charge in [-0.15, -0.1) is 24.8 Å². The van der Waals surface area contributed by atoms with Crippen LogP contribution in [0.25, 0.3) is 0 Å². The van der Waals surface area contributed by atoms with E-state index in [1.165, 1.54) is 17.7 Å². The van der Waals surface area contributed by atoms with Crippen molar-refractivity contribution >= 4 is 30.6 Å². The van der Waals surface area contributed by atoms with Gasteiger partial charge < -0.3 is 0 Å². The minimum Gasteiger partial charge on any atom is -0.296 e. The summed E-state index contributed by atoms with van der Waals surface area (Å²) in [5, 5.41) is 0. The summed E-state index contributed by atoms with van der Waals surface area (Å²) in [7, 11) is 0. The molecule has 6 heteroatoms. The number of ketones is 1. The maximum atomic E-state index is 13.0. The first-order valence-corrected chi connectivity index (χ1v) is 8.41. The zero-order chi connectivity index (χ0) is 16.9. The van der Waals surface area contributed by atoms with Gasteiger partial charge in [-0.1, -0.05) is 30.3 Å². The molecule has 1 aliphatic heterocycles. The fourth-order valence-electron chi connectivity index (χ4n) is 3.20. The van der Waals surface area contributed by atoms with Crippen molar-refractivity contribution in [2.75, 3.05) is 26.2 Å². The van der Waals surface area contributed by atoms with Gasteiger partial charge in [0, 0.05) is 37.8 Å². The molecular formula is C20H25Cl2FN2O. The van der Waals surface area contributed by atoms with Crippen LogP contribution in [0.1, 0.15) is 22.8 Å². The van der Waals surface area contributed by atoms with Crippen molar-refractivity contribution in [3.63, 3.8) is 0 Å². The number of rotatable bonds is 5. The number of Topliss-reactive ketones (excluding diaryl/α,β-unsaturated/α-hetero) is 1. The summed E-state index contributed by atoms with van der Waals surface area (Å²) >= 11 is 0.